The van der Waals surface area contributed by atoms with Gasteiger partial charge in [0.05, 0.1) is 6.07 Å². The van der Waals surface area contributed by atoms with Crippen LogP contribution in [0.3, 0.4) is 0 Å². The monoisotopic (exact) mass is 404 g/mol. The SMILES string of the molecule is CN(C)CCNC(=O)N1CCCC(C(C#N)(c2ccccc2)c2ccccc2)CC1. The Morgan fingerprint density at radius 2 is 1.67 bits per heavy atom. The number of nitriles is 1. The first-order chi connectivity index (χ1) is 14.6. The van der Waals surface area contributed by atoms with Crippen LogP contribution in [0.25, 0.3) is 0 Å². The summed E-state index contributed by atoms with van der Waals surface area (Å²) >= 11 is 0. The summed E-state index contributed by atoms with van der Waals surface area (Å²) in [5, 5.41) is 13.5. The number of nitrogens with one attached hydrogen (secondary N) is 1. The molecule has 3 rings (SSSR count). The summed E-state index contributed by atoms with van der Waals surface area (Å²) in [7, 11) is 3.99. The molecule has 1 heterocycles. The van der Waals surface area contributed by atoms with E-state index in [2.05, 4.69) is 40.6 Å². The highest BCUT2D eigenvalue weighted by Crippen LogP contribution is 2.43. The number of benzene rings is 2. The lowest BCUT2D eigenvalue weighted by molar-refractivity contribution is 0.197. The fourth-order valence-electron chi connectivity index (χ4n) is 4.49. The number of carbonyl (C=O) groups excluding carboxylic acids is 1. The van der Waals surface area contributed by atoms with Gasteiger partial charge in [0, 0.05) is 26.2 Å². The third-order valence-corrected chi connectivity index (χ3v) is 6.10. The number of carbonyl (C=O) groups is 1. The summed E-state index contributed by atoms with van der Waals surface area (Å²) < 4.78 is 0. The lowest BCUT2D eigenvalue weighted by Gasteiger charge is -2.36. The molecule has 0 aromatic heterocycles. The molecule has 0 radical (unpaired) electrons. The van der Waals surface area contributed by atoms with Gasteiger partial charge in [0.15, 0.2) is 0 Å². The molecule has 1 aliphatic heterocycles. The summed E-state index contributed by atoms with van der Waals surface area (Å²) in [6, 6.07) is 23.0. The average Bonchev–Trinajstić information content (AvgIpc) is 3.03. The second-order valence-electron chi connectivity index (χ2n) is 8.30. The van der Waals surface area contributed by atoms with Crippen molar-refractivity contribution in [1.29, 1.82) is 5.26 Å². The number of likely N-dealkylation sites (N-methyl/N-ethyl adjacent to an activating group) is 1. The third kappa shape index (κ3) is 4.83. The van der Waals surface area contributed by atoms with Crippen molar-refractivity contribution in [3.8, 4) is 6.07 Å². The van der Waals surface area contributed by atoms with Crippen molar-refractivity contribution in [1.82, 2.24) is 15.1 Å². The molecule has 0 saturated carbocycles. The Morgan fingerprint density at radius 3 is 2.20 bits per heavy atom. The van der Waals surface area contributed by atoms with E-state index in [1.165, 1.54) is 0 Å². The van der Waals surface area contributed by atoms with E-state index < -0.39 is 5.41 Å². The highest BCUT2D eigenvalue weighted by molar-refractivity contribution is 5.74. The van der Waals surface area contributed by atoms with Crippen LogP contribution in [0.5, 0.6) is 0 Å². The predicted octanol–water partition coefficient (Wildman–Crippen LogP) is 3.87. The van der Waals surface area contributed by atoms with Crippen molar-refractivity contribution >= 4 is 6.03 Å². The van der Waals surface area contributed by atoms with Gasteiger partial charge in [-0.2, -0.15) is 5.26 Å². The second-order valence-corrected chi connectivity index (χ2v) is 8.30. The Balaban J connectivity index is 1.82. The first-order valence-electron chi connectivity index (χ1n) is 10.8. The van der Waals surface area contributed by atoms with Gasteiger partial charge in [-0.3, -0.25) is 0 Å². The fraction of sp³-hybridized carbons (Fsp3) is 0.440. The topological polar surface area (TPSA) is 59.4 Å². The molecule has 5 heteroatoms. The van der Waals surface area contributed by atoms with Crippen molar-refractivity contribution in [3.05, 3.63) is 71.8 Å². The number of likely N-dealkylation sites (tertiary alicyclic amines) is 1. The number of amides is 2. The van der Waals surface area contributed by atoms with E-state index in [1.807, 2.05) is 55.4 Å². The van der Waals surface area contributed by atoms with E-state index in [-0.39, 0.29) is 11.9 Å². The Labute approximate surface area is 180 Å². The minimum Gasteiger partial charge on any atom is -0.337 e. The molecule has 1 unspecified atom stereocenters. The van der Waals surface area contributed by atoms with Gasteiger partial charge in [-0.25, -0.2) is 4.79 Å². The van der Waals surface area contributed by atoms with Gasteiger partial charge in [0.2, 0.25) is 0 Å². The summed E-state index contributed by atoms with van der Waals surface area (Å²) in [6.45, 7) is 2.86. The Morgan fingerprint density at radius 1 is 1.07 bits per heavy atom. The maximum Gasteiger partial charge on any atom is 0.317 e. The maximum atomic E-state index is 12.6. The molecule has 0 aliphatic carbocycles. The highest BCUT2D eigenvalue weighted by Gasteiger charge is 2.43. The maximum absolute atomic E-state index is 12.6. The quantitative estimate of drug-likeness (QED) is 0.795. The molecule has 0 spiro atoms. The highest BCUT2D eigenvalue weighted by atomic mass is 16.2. The number of hydrogen-bond acceptors (Lipinski definition) is 3. The van der Waals surface area contributed by atoms with Gasteiger partial charge in [0.25, 0.3) is 0 Å². The molecule has 0 bridgehead atoms. The molecular formula is C25H32N4O. The zero-order chi connectivity index (χ0) is 21.4. The second kappa shape index (κ2) is 10.3. The van der Waals surface area contributed by atoms with Crippen molar-refractivity contribution in [2.75, 3.05) is 40.3 Å². The molecule has 1 atom stereocenters. The van der Waals surface area contributed by atoms with Crippen LogP contribution in [0.1, 0.15) is 30.4 Å². The van der Waals surface area contributed by atoms with E-state index in [1.54, 1.807) is 0 Å². The number of hydrogen-bond donors (Lipinski definition) is 1. The molecule has 5 nitrogen and oxygen atoms in total. The average molecular weight is 405 g/mol. The van der Waals surface area contributed by atoms with Gasteiger partial charge >= 0.3 is 6.03 Å². The molecule has 1 saturated heterocycles. The molecule has 1 aliphatic rings. The van der Waals surface area contributed by atoms with Crippen molar-refractivity contribution < 1.29 is 4.79 Å². The minimum atomic E-state index is -0.708. The lowest BCUT2D eigenvalue weighted by atomic mass is 9.64. The van der Waals surface area contributed by atoms with E-state index in [0.29, 0.717) is 13.1 Å². The summed E-state index contributed by atoms with van der Waals surface area (Å²) in [4.78, 5) is 16.6. The Bertz CT molecular complexity index is 805. The normalized spacial score (nSPS) is 17.3. The molecule has 1 N–H and O–H groups in total. The van der Waals surface area contributed by atoms with Crippen molar-refractivity contribution in [2.24, 2.45) is 5.92 Å². The van der Waals surface area contributed by atoms with Crippen LogP contribution in [0.15, 0.2) is 60.7 Å². The van der Waals surface area contributed by atoms with Crippen molar-refractivity contribution in [2.45, 2.75) is 24.7 Å². The third-order valence-electron chi connectivity index (χ3n) is 6.10. The zero-order valence-corrected chi connectivity index (χ0v) is 18.1. The van der Waals surface area contributed by atoms with Crippen LogP contribution in [0.2, 0.25) is 0 Å². The number of nitrogens with zero attached hydrogens (tertiary/aromatic N) is 3. The van der Waals surface area contributed by atoms with Crippen LogP contribution in [-0.4, -0.2) is 56.1 Å². The molecule has 2 aromatic carbocycles. The van der Waals surface area contributed by atoms with Crippen LogP contribution >= 0.6 is 0 Å². The van der Waals surface area contributed by atoms with Crippen LogP contribution in [0, 0.1) is 17.2 Å². The lowest BCUT2D eigenvalue weighted by Crippen LogP contribution is -2.43. The van der Waals surface area contributed by atoms with Gasteiger partial charge in [-0.05, 0) is 50.4 Å². The van der Waals surface area contributed by atoms with Crippen molar-refractivity contribution in [3.63, 3.8) is 0 Å². The van der Waals surface area contributed by atoms with E-state index in [4.69, 9.17) is 0 Å². The first kappa shape index (κ1) is 21.9. The summed E-state index contributed by atoms with van der Waals surface area (Å²) in [5.41, 5.74) is 1.36. The largest absolute Gasteiger partial charge is 0.337 e. The Kier molecular flexibility index (Phi) is 7.48. The molecule has 158 valence electrons. The van der Waals surface area contributed by atoms with E-state index >= 15 is 0 Å². The van der Waals surface area contributed by atoms with E-state index in [0.717, 1.165) is 43.5 Å². The van der Waals surface area contributed by atoms with Crippen LogP contribution in [-0.2, 0) is 5.41 Å². The summed E-state index contributed by atoms with van der Waals surface area (Å²) in [6.07, 6.45) is 2.62. The predicted molar refractivity (Wildman–Crippen MR) is 120 cm³/mol. The molecule has 2 amide bonds. The minimum absolute atomic E-state index is 0.000482. The van der Waals surface area contributed by atoms with Gasteiger partial charge in [0.1, 0.15) is 5.41 Å². The first-order valence-corrected chi connectivity index (χ1v) is 10.8. The molecule has 1 fully saturated rings. The molecular weight excluding hydrogens is 372 g/mol. The molecule has 30 heavy (non-hydrogen) atoms. The van der Waals surface area contributed by atoms with Gasteiger partial charge < -0.3 is 15.1 Å². The number of urea groups is 1. The van der Waals surface area contributed by atoms with Gasteiger partial charge in [-0.15, -0.1) is 0 Å². The van der Waals surface area contributed by atoms with E-state index in [9.17, 15) is 10.1 Å². The summed E-state index contributed by atoms with van der Waals surface area (Å²) in [5.74, 6) is 0.145. The Hall–Kier alpha value is -2.84. The van der Waals surface area contributed by atoms with Crippen LogP contribution in [0.4, 0.5) is 4.79 Å². The zero-order valence-electron chi connectivity index (χ0n) is 18.1. The molecule has 2 aromatic rings. The van der Waals surface area contributed by atoms with Crippen LogP contribution < -0.4 is 5.32 Å². The number of rotatable bonds is 6. The smallest absolute Gasteiger partial charge is 0.317 e. The fourth-order valence-corrected chi connectivity index (χ4v) is 4.49. The standard InChI is InChI=1S/C25H32N4O/c1-28(2)19-16-27-24(30)29-17-9-14-23(15-18-29)25(20-26,21-10-5-3-6-11-21)22-12-7-4-8-13-22/h3-8,10-13,23H,9,14-19H2,1-2H3,(H,27,30). The van der Waals surface area contributed by atoms with Gasteiger partial charge in [-0.1, -0.05) is 60.7 Å².